The second kappa shape index (κ2) is 8.60. The Hall–Kier alpha value is -2.98. The molecule has 2 rings (SSSR count). The van der Waals surface area contributed by atoms with Crippen molar-refractivity contribution >= 4 is 34.2 Å². The first-order valence-electron chi connectivity index (χ1n) is 6.99. The molecule has 0 unspecified atom stereocenters. The fourth-order valence-corrected chi connectivity index (χ4v) is 2.20. The zero-order valence-corrected chi connectivity index (χ0v) is 14.1. The summed E-state index contributed by atoms with van der Waals surface area (Å²) in [5.41, 5.74) is 1.86. The van der Waals surface area contributed by atoms with Gasteiger partial charge in [-0.1, -0.05) is 11.8 Å². The highest BCUT2D eigenvalue weighted by atomic mass is 32.2. The van der Waals surface area contributed by atoms with E-state index in [1.807, 2.05) is 12.4 Å². The Balaban J connectivity index is 2.06. The average Bonchev–Trinajstić information content (AvgIpc) is 2.62. The summed E-state index contributed by atoms with van der Waals surface area (Å²) in [5, 5.41) is 14.4. The number of ether oxygens (including phenoxy) is 1. The molecule has 0 spiro atoms. The normalized spacial score (nSPS) is 10.6. The summed E-state index contributed by atoms with van der Waals surface area (Å²) in [6.45, 7) is 0. The van der Waals surface area contributed by atoms with E-state index in [0.717, 1.165) is 5.75 Å². The number of hydrogen-bond acceptors (Lipinski definition) is 5. The third-order valence-corrected chi connectivity index (χ3v) is 3.64. The number of benzene rings is 2. The van der Waals surface area contributed by atoms with E-state index in [0.29, 0.717) is 22.1 Å². The van der Waals surface area contributed by atoms with Gasteiger partial charge in [0, 0.05) is 11.3 Å². The molecule has 2 aromatic carbocycles. The average molecular weight is 340 g/mol. The second-order valence-corrected chi connectivity index (χ2v) is 5.38. The molecule has 24 heavy (non-hydrogen) atoms. The molecule has 2 N–H and O–H groups in total. The molecule has 0 saturated carbocycles. The van der Waals surface area contributed by atoms with Crippen LogP contribution in [-0.4, -0.2) is 24.4 Å². The van der Waals surface area contributed by atoms with Gasteiger partial charge in [0.15, 0.2) is 11.4 Å². The molecule has 0 radical (unpaired) electrons. The lowest BCUT2D eigenvalue weighted by molar-refractivity contribution is 0.102. The van der Waals surface area contributed by atoms with Crippen molar-refractivity contribution in [1.82, 2.24) is 5.32 Å². The van der Waals surface area contributed by atoms with Crippen molar-refractivity contribution in [3.05, 3.63) is 54.1 Å². The fourth-order valence-electron chi connectivity index (χ4n) is 1.85. The summed E-state index contributed by atoms with van der Waals surface area (Å²) in [5.74, 6) is 0.515. The summed E-state index contributed by atoms with van der Waals surface area (Å²) in [7, 11) is 1.59. The van der Waals surface area contributed by atoms with E-state index in [1.165, 1.54) is 11.8 Å². The predicted molar refractivity (Wildman–Crippen MR) is 96.7 cm³/mol. The molecule has 0 aliphatic rings. The van der Waals surface area contributed by atoms with Crippen molar-refractivity contribution in [2.75, 3.05) is 18.7 Å². The molecule has 0 aliphatic carbocycles. The Morgan fingerprint density at radius 2 is 1.83 bits per heavy atom. The minimum absolute atomic E-state index is 0.212. The van der Waals surface area contributed by atoms with Crippen LogP contribution in [0.5, 0.6) is 5.75 Å². The van der Waals surface area contributed by atoms with Gasteiger partial charge in [0.05, 0.1) is 12.8 Å². The predicted octanol–water partition coefficient (Wildman–Crippen LogP) is 3.37. The fraction of sp³-hybridized carbons (Fsp3) is 0.118. The maximum absolute atomic E-state index is 12.2. The molecule has 0 aliphatic heterocycles. The SMILES string of the molecule is COc1ccc(NC(=O)c2ccc(N=C(NC#N)SC)cc2)cc1. The molecule has 0 saturated heterocycles. The lowest BCUT2D eigenvalue weighted by Gasteiger charge is -2.07. The third-order valence-electron chi connectivity index (χ3n) is 3.06. The number of nitrogens with zero attached hydrogens (tertiary/aromatic N) is 2. The summed E-state index contributed by atoms with van der Waals surface area (Å²) >= 11 is 1.33. The molecule has 1 amide bonds. The van der Waals surface area contributed by atoms with E-state index in [9.17, 15) is 4.79 Å². The van der Waals surface area contributed by atoms with Gasteiger partial charge in [0.25, 0.3) is 5.91 Å². The van der Waals surface area contributed by atoms with Gasteiger partial charge in [-0.3, -0.25) is 10.1 Å². The van der Waals surface area contributed by atoms with Crippen molar-refractivity contribution in [2.24, 2.45) is 4.99 Å². The molecule has 6 nitrogen and oxygen atoms in total. The smallest absolute Gasteiger partial charge is 0.255 e. The number of aliphatic imine (C=N–C) groups is 1. The first-order valence-corrected chi connectivity index (χ1v) is 8.22. The molecule has 0 heterocycles. The zero-order chi connectivity index (χ0) is 17.4. The van der Waals surface area contributed by atoms with Crippen LogP contribution in [0, 0.1) is 11.5 Å². The van der Waals surface area contributed by atoms with Gasteiger partial charge in [0.2, 0.25) is 0 Å². The molecule has 0 aromatic heterocycles. The second-order valence-electron chi connectivity index (χ2n) is 4.59. The van der Waals surface area contributed by atoms with Crippen LogP contribution in [0.4, 0.5) is 11.4 Å². The van der Waals surface area contributed by atoms with Crippen LogP contribution >= 0.6 is 11.8 Å². The van der Waals surface area contributed by atoms with Crippen molar-refractivity contribution in [1.29, 1.82) is 5.26 Å². The third kappa shape index (κ3) is 4.76. The van der Waals surface area contributed by atoms with Crippen LogP contribution in [-0.2, 0) is 0 Å². The van der Waals surface area contributed by atoms with E-state index in [1.54, 1.807) is 55.6 Å². The highest BCUT2D eigenvalue weighted by Crippen LogP contribution is 2.18. The molecular formula is C17H16N4O2S. The summed E-state index contributed by atoms with van der Waals surface area (Å²) in [6.07, 6.45) is 3.65. The first kappa shape index (κ1) is 17.4. The number of amides is 1. The molecular weight excluding hydrogens is 324 g/mol. The molecule has 0 fully saturated rings. The van der Waals surface area contributed by atoms with E-state index < -0.39 is 0 Å². The number of thioether (sulfide) groups is 1. The maximum atomic E-state index is 12.2. The molecule has 2 aromatic rings. The van der Waals surface area contributed by atoms with Gasteiger partial charge in [-0.2, -0.15) is 5.26 Å². The lowest BCUT2D eigenvalue weighted by Crippen LogP contribution is -2.12. The standard InChI is InChI=1S/C17H16N4O2S/c1-23-15-9-7-13(8-10-15)20-16(22)12-3-5-14(6-4-12)21-17(24-2)19-11-18/h3-10H,1-2H3,(H,19,21)(H,20,22). The van der Waals surface area contributed by atoms with E-state index in [-0.39, 0.29) is 5.91 Å². The first-order chi connectivity index (χ1) is 11.7. The number of amidine groups is 1. The van der Waals surface area contributed by atoms with Gasteiger partial charge in [-0.05, 0) is 54.8 Å². The number of carbonyl (C=O) groups excluding carboxylic acids is 1. The maximum Gasteiger partial charge on any atom is 0.255 e. The number of nitriles is 1. The highest BCUT2D eigenvalue weighted by molar-refractivity contribution is 8.13. The quantitative estimate of drug-likeness (QED) is 0.386. The van der Waals surface area contributed by atoms with Gasteiger partial charge < -0.3 is 10.1 Å². The van der Waals surface area contributed by atoms with Gasteiger partial charge in [-0.25, -0.2) is 4.99 Å². The van der Waals surface area contributed by atoms with E-state index in [2.05, 4.69) is 15.6 Å². The Bertz CT molecular complexity index is 765. The molecule has 0 atom stereocenters. The van der Waals surface area contributed by atoms with Crippen molar-refractivity contribution < 1.29 is 9.53 Å². The Morgan fingerprint density at radius 3 is 2.38 bits per heavy atom. The van der Waals surface area contributed by atoms with E-state index >= 15 is 0 Å². The van der Waals surface area contributed by atoms with Gasteiger partial charge in [-0.15, -0.1) is 0 Å². The summed E-state index contributed by atoms with van der Waals surface area (Å²) < 4.78 is 5.08. The monoisotopic (exact) mass is 340 g/mol. The van der Waals surface area contributed by atoms with Crippen LogP contribution in [0.3, 0.4) is 0 Å². The van der Waals surface area contributed by atoms with Crippen LogP contribution < -0.4 is 15.4 Å². The van der Waals surface area contributed by atoms with E-state index in [4.69, 9.17) is 10.00 Å². The molecule has 122 valence electrons. The number of carbonyl (C=O) groups is 1. The number of nitrogens with one attached hydrogen (secondary N) is 2. The number of anilines is 1. The summed E-state index contributed by atoms with van der Waals surface area (Å²) in [4.78, 5) is 16.5. The molecule has 7 heteroatoms. The van der Waals surface area contributed by atoms with Crippen LogP contribution in [0.15, 0.2) is 53.5 Å². The minimum atomic E-state index is -0.212. The topological polar surface area (TPSA) is 86.5 Å². The van der Waals surface area contributed by atoms with Crippen LogP contribution in [0.2, 0.25) is 0 Å². The van der Waals surface area contributed by atoms with Crippen LogP contribution in [0.25, 0.3) is 0 Å². The zero-order valence-electron chi connectivity index (χ0n) is 13.2. The Labute approximate surface area is 144 Å². The molecule has 0 bridgehead atoms. The number of hydrogen-bond donors (Lipinski definition) is 2. The Morgan fingerprint density at radius 1 is 1.17 bits per heavy atom. The minimum Gasteiger partial charge on any atom is -0.497 e. The highest BCUT2D eigenvalue weighted by Gasteiger charge is 2.06. The van der Waals surface area contributed by atoms with Crippen LogP contribution in [0.1, 0.15) is 10.4 Å². The Kier molecular flexibility index (Phi) is 6.23. The van der Waals surface area contributed by atoms with Gasteiger partial charge >= 0.3 is 0 Å². The number of rotatable bonds is 4. The van der Waals surface area contributed by atoms with Crippen molar-refractivity contribution in [3.63, 3.8) is 0 Å². The van der Waals surface area contributed by atoms with Crippen molar-refractivity contribution in [2.45, 2.75) is 0 Å². The largest absolute Gasteiger partial charge is 0.497 e. The lowest BCUT2D eigenvalue weighted by atomic mass is 10.2. The number of methoxy groups -OCH3 is 1. The summed E-state index contributed by atoms with van der Waals surface area (Å²) in [6, 6.07) is 13.9. The van der Waals surface area contributed by atoms with Crippen molar-refractivity contribution in [3.8, 4) is 11.9 Å². The van der Waals surface area contributed by atoms with Gasteiger partial charge in [0.1, 0.15) is 5.75 Å².